The fourth-order valence-electron chi connectivity index (χ4n) is 1.50. The van der Waals surface area contributed by atoms with Crippen LogP contribution in [-0.4, -0.2) is 35.6 Å². The van der Waals surface area contributed by atoms with Gasteiger partial charge in [0.2, 0.25) is 0 Å². The first-order valence-electron chi connectivity index (χ1n) is 5.22. The Morgan fingerprint density at radius 2 is 2.24 bits per heavy atom. The van der Waals surface area contributed by atoms with Gasteiger partial charge in [0.25, 0.3) is 0 Å². The number of thiocarbonyl (C=S) groups is 1. The van der Waals surface area contributed by atoms with Gasteiger partial charge in [0.05, 0.1) is 18.9 Å². The lowest BCUT2D eigenvalue weighted by Gasteiger charge is -2.25. The van der Waals surface area contributed by atoms with E-state index in [0.717, 1.165) is 42.1 Å². The maximum absolute atomic E-state index is 5.32. The number of morpholine rings is 1. The highest BCUT2D eigenvalue weighted by Crippen LogP contribution is 2.30. The molecule has 2 rings (SSSR count). The van der Waals surface area contributed by atoms with E-state index in [4.69, 9.17) is 17.0 Å². The van der Waals surface area contributed by atoms with Crippen molar-refractivity contribution in [2.45, 2.75) is 6.92 Å². The van der Waals surface area contributed by atoms with Crippen LogP contribution in [0.3, 0.4) is 0 Å². The predicted molar refractivity (Wildman–Crippen MR) is 78.2 cm³/mol. The maximum atomic E-state index is 5.32. The lowest BCUT2D eigenvalue weighted by molar-refractivity contribution is 0.122. The molecule has 8 heteroatoms. The zero-order valence-corrected chi connectivity index (χ0v) is 11.9. The molecule has 2 heterocycles. The van der Waals surface area contributed by atoms with Crippen LogP contribution in [0.4, 0.5) is 10.1 Å². The minimum absolute atomic E-state index is 0.408. The normalized spacial score (nSPS) is 15.8. The van der Waals surface area contributed by atoms with Gasteiger partial charge in [0, 0.05) is 13.1 Å². The highest BCUT2D eigenvalue weighted by atomic mass is 32.1. The average Bonchev–Trinajstić information content (AvgIpc) is 2.69. The number of nitrogens with one attached hydrogen (secondary N) is 2. The summed E-state index contributed by atoms with van der Waals surface area (Å²) in [6.07, 6.45) is 0. The molecule has 5 nitrogen and oxygen atoms in total. The van der Waals surface area contributed by atoms with E-state index in [9.17, 15) is 0 Å². The van der Waals surface area contributed by atoms with Crippen LogP contribution in [0.15, 0.2) is 0 Å². The Morgan fingerprint density at radius 1 is 1.53 bits per heavy atom. The molecule has 0 amide bonds. The van der Waals surface area contributed by atoms with Crippen LogP contribution in [0.1, 0.15) is 5.69 Å². The number of thiol groups is 1. The fourth-order valence-corrected chi connectivity index (χ4v) is 2.58. The lowest BCUT2D eigenvalue weighted by Crippen LogP contribution is -2.36. The Kier molecular flexibility index (Phi) is 4.43. The van der Waals surface area contributed by atoms with Gasteiger partial charge >= 0.3 is 0 Å². The molecule has 0 radical (unpaired) electrons. The van der Waals surface area contributed by atoms with Crippen LogP contribution < -0.4 is 15.8 Å². The Hall–Kier alpha value is -0.570. The smallest absolute Gasteiger partial charge is 0.187 e. The standard InChI is InChI=1S/C9H14N4OS3/c1-6-7(11-12-9(15)16)17-8(10-6)13-2-4-14-5-3-13/h11H,2-5H2,1H3,(H2,12,15,16). The van der Waals surface area contributed by atoms with Crippen molar-refractivity contribution in [1.29, 1.82) is 0 Å². The summed E-state index contributed by atoms with van der Waals surface area (Å²) in [5, 5.41) is 1.98. The summed E-state index contributed by atoms with van der Waals surface area (Å²) in [4.78, 5) is 6.76. The van der Waals surface area contributed by atoms with E-state index in [-0.39, 0.29) is 0 Å². The zero-order chi connectivity index (χ0) is 12.3. The first kappa shape index (κ1) is 12.9. The molecule has 1 aromatic rings. The number of anilines is 2. The number of hydrogen-bond acceptors (Lipinski definition) is 6. The average molecular weight is 290 g/mol. The van der Waals surface area contributed by atoms with Gasteiger partial charge in [0.15, 0.2) is 5.13 Å². The second-order valence-corrected chi connectivity index (χ2v) is 5.70. The van der Waals surface area contributed by atoms with Gasteiger partial charge < -0.3 is 9.64 Å². The Labute approximate surface area is 115 Å². The molecule has 0 aromatic carbocycles. The molecule has 0 spiro atoms. The van der Waals surface area contributed by atoms with Crippen molar-refractivity contribution in [3.05, 3.63) is 5.69 Å². The van der Waals surface area contributed by atoms with Gasteiger partial charge in [0.1, 0.15) is 9.32 Å². The number of aryl methyl sites for hydroxylation is 1. The third-order valence-corrected chi connectivity index (χ3v) is 3.70. The third-order valence-electron chi connectivity index (χ3n) is 2.35. The maximum Gasteiger partial charge on any atom is 0.187 e. The molecule has 1 aliphatic heterocycles. The summed E-state index contributed by atoms with van der Waals surface area (Å²) in [5.41, 5.74) is 6.75. The molecule has 0 unspecified atom stereocenters. The number of hydrazine groups is 1. The van der Waals surface area contributed by atoms with Gasteiger partial charge in [-0.25, -0.2) is 4.98 Å². The van der Waals surface area contributed by atoms with E-state index in [1.54, 1.807) is 11.3 Å². The second kappa shape index (κ2) is 5.85. The number of rotatable bonds is 3. The molecule has 1 aromatic heterocycles. The van der Waals surface area contributed by atoms with Crippen LogP contribution in [-0.2, 0) is 4.74 Å². The van der Waals surface area contributed by atoms with Crippen molar-refractivity contribution in [3.63, 3.8) is 0 Å². The van der Waals surface area contributed by atoms with Gasteiger partial charge in [-0.15, -0.1) is 12.6 Å². The van der Waals surface area contributed by atoms with Crippen molar-refractivity contribution in [2.75, 3.05) is 36.6 Å². The summed E-state index contributed by atoms with van der Waals surface area (Å²) in [7, 11) is 0. The van der Waals surface area contributed by atoms with Crippen molar-refractivity contribution in [2.24, 2.45) is 0 Å². The molecule has 1 saturated heterocycles. The minimum atomic E-state index is 0.408. The van der Waals surface area contributed by atoms with E-state index in [0.29, 0.717) is 4.32 Å². The van der Waals surface area contributed by atoms with Crippen LogP contribution in [0, 0.1) is 6.92 Å². The highest BCUT2D eigenvalue weighted by molar-refractivity contribution is 8.11. The number of thiazole rings is 1. The summed E-state index contributed by atoms with van der Waals surface area (Å²) >= 11 is 10.4. The molecule has 94 valence electrons. The minimum Gasteiger partial charge on any atom is -0.378 e. The summed E-state index contributed by atoms with van der Waals surface area (Å²) in [5.74, 6) is 0. The second-order valence-electron chi connectivity index (χ2n) is 3.57. The Morgan fingerprint density at radius 3 is 2.88 bits per heavy atom. The van der Waals surface area contributed by atoms with Crippen LogP contribution in [0.5, 0.6) is 0 Å². The lowest BCUT2D eigenvalue weighted by atomic mass is 10.4. The zero-order valence-electron chi connectivity index (χ0n) is 9.39. The van der Waals surface area contributed by atoms with E-state index in [1.165, 1.54) is 0 Å². The van der Waals surface area contributed by atoms with Gasteiger partial charge in [-0.2, -0.15) is 0 Å². The number of hydrogen-bond donors (Lipinski definition) is 3. The molecular formula is C9H14N4OS3. The molecule has 0 saturated carbocycles. The van der Waals surface area contributed by atoms with E-state index in [2.05, 4.69) is 33.4 Å². The van der Waals surface area contributed by atoms with Gasteiger partial charge in [-0.05, 0) is 6.92 Å². The van der Waals surface area contributed by atoms with Crippen LogP contribution >= 0.6 is 36.2 Å². The first-order chi connectivity index (χ1) is 8.16. The van der Waals surface area contributed by atoms with E-state index < -0.39 is 0 Å². The monoisotopic (exact) mass is 290 g/mol. The third kappa shape index (κ3) is 3.44. The van der Waals surface area contributed by atoms with Crippen molar-refractivity contribution >= 4 is 50.6 Å². The molecule has 0 atom stereocenters. The summed E-state index contributed by atoms with van der Waals surface area (Å²) in [6, 6.07) is 0. The van der Waals surface area contributed by atoms with Crippen LogP contribution in [0.25, 0.3) is 0 Å². The Bertz CT molecular complexity index is 403. The molecule has 1 fully saturated rings. The topological polar surface area (TPSA) is 49.4 Å². The molecule has 17 heavy (non-hydrogen) atoms. The predicted octanol–water partition coefficient (Wildman–Crippen LogP) is 1.42. The van der Waals surface area contributed by atoms with E-state index >= 15 is 0 Å². The quantitative estimate of drug-likeness (QED) is 0.445. The SMILES string of the molecule is Cc1nc(N2CCOCC2)sc1NNC(=S)S. The summed E-state index contributed by atoms with van der Waals surface area (Å²) < 4.78 is 5.73. The van der Waals surface area contributed by atoms with Crippen molar-refractivity contribution < 1.29 is 4.74 Å². The molecule has 2 N–H and O–H groups in total. The van der Waals surface area contributed by atoms with E-state index in [1.807, 2.05) is 6.92 Å². The van der Waals surface area contributed by atoms with Crippen LogP contribution in [0.2, 0.25) is 0 Å². The molecular weight excluding hydrogens is 276 g/mol. The molecule has 0 bridgehead atoms. The van der Waals surface area contributed by atoms with Gasteiger partial charge in [-0.3, -0.25) is 10.9 Å². The largest absolute Gasteiger partial charge is 0.378 e. The number of ether oxygens (including phenoxy) is 1. The summed E-state index contributed by atoms with van der Waals surface area (Å²) in [6.45, 7) is 5.28. The first-order valence-corrected chi connectivity index (χ1v) is 6.89. The van der Waals surface area contributed by atoms with Crippen molar-refractivity contribution in [3.8, 4) is 0 Å². The van der Waals surface area contributed by atoms with Crippen molar-refractivity contribution in [1.82, 2.24) is 10.4 Å². The number of aromatic nitrogens is 1. The fraction of sp³-hybridized carbons (Fsp3) is 0.556. The molecule has 1 aliphatic rings. The highest BCUT2D eigenvalue weighted by Gasteiger charge is 2.16. The Balaban J connectivity index is 2.03. The van der Waals surface area contributed by atoms with Gasteiger partial charge in [-0.1, -0.05) is 23.6 Å². The number of nitrogens with zero attached hydrogens (tertiary/aromatic N) is 2. The molecule has 0 aliphatic carbocycles.